The normalized spacial score (nSPS) is 20.2. The lowest BCUT2D eigenvalue weighted by Gasteiger charge is -2.22. The van der Waals surface area contributed by atoms with E-state index in [1.165, 1.54) is 12.1 Å². The van der Waals surface area contributed by atoms with E-state index < -0.39 is 30.0 Å². The fraction of sp³-hybridized carbons (Fsp3) is 0.538. The molecular formula is C26H32F3N5O. The molecule has 1 aromatic carbocycles. The third kappa shape index (κ3) is 6.25. The summed E-state index contributed by atoms with van der Waals surface area (Å²) in [6.45, 7) is 2.85. The minimum Gasteiger partial charge on any atom is -0.375 e. The van der Waals surface area contributed by atoms with Crippen LogP contribution in [0.5, 0.6) is 0 Å². The average Bonchev–Trinajstić information content (AvgIpc) is 2.82. The van der Waals surface area contributed by atoms with Crippen LogP contribution in [0.4, 0.5) is 19.0 Å². The van der Waals surface area contributed by atoms with E-state index >= 15 is 4.39 Å². The number of fused-ring (bicyclic) bond motifs is 3. The zero-order valence-electron chi connectivity index (χ0n) is 20.3. The van der Waals surface area contributed by atoms with Gasteiger partial charge in [0.15, 0.2) is 5.65 Å². The largest absolute Gasteiger partial charge is 0.375 e. The van der Waals surface area contributed by atoms with E-state index in [0.29, 0.717) is 29.1 Å². The molecule has 35 heavy (non-hydrogen) atoms. The first kappa shape index (κ1) is 25.3. The van der Waals surface area contributed by atoms with Gasteiger partial charge in [-0.15, -0.1) is 5.10 Å². The highest BCUT2D eigenvalue weighted by molar-refractivity contribution is 5.86. The Bertz CT molecular complexity index is 1160. The number of rotatable bonds is 0. The van der Waals surface area contributed by atoms with E-state index in [1.54, 1.807) is 13.8 Å². The molecule has 0 unspecified atom stereocenters. The van der Waals surface area contributed by atoms with Crippen LogP contribution in [0.15, 0.2) is 24.3 Å². The summed E-state index contributed by atoms with van der Waals surface area (Å²) < 4.78 is 50.3. The van der Waals surface area contributed by atoms with Crippen molar-refractivity contribution in [1.29, 1.82) is 0 Å². The number of nitrogens with zero attached hydrogens (tertiary/aromatic N) is 4. The van der Waals surface area contributed by atoms with Gasteiger partial charge in [0.2, 0.25) is 0 Å². The van der Waals surface area contributed by atoms with Crippen LogP contribution in [-0.4, -0.2) is 33.4 Å². The number of aromatic nitrogens is 4. The molecule has 0 saturated carbocycles. The number of ether oxygens (including phenoxy) is 1. The summed E-state index contributed by atoms with van der Waals surface area (Å²) in [6.07, 6.45) is 7.77. The maximum Gasteiger partial charge on any atom is 0.298 e. The van der Waals surface area contributed by atoms with Gasteiger partial charge < -0.3 is 10.1 Å². The van der Waals surface area contributed by atoms with E-state index in [9.17, 15) is 8.78 Å². The first-order chi connectivity index (χ1) is 16.8. The molecule has 9 heteroatoms. The van der Waals surface area contributed by atoms with Crippen molar-refractivity contribution < 1.29 is 17.9 Å². The Labute approximate surface area is 203 Å². The maximum atomic E-state index is 15.3. The highest BCUT2D eigenvalue weighted by atomic mass is 19.3. The van der Waals surface area contributed by atoms with E-state index in [4.69, 9.17) is 4.74 Å². The van der Waals surface area contributed by atoms with Gasteiger partial charge in [-0.1, -0.05) is 44.2 Å². The van der Waals surface area contributed by atoms with Crippen molar-refractivity contribution in [2.45, 2.75) is 77.2 Å². The zero-order valence-corrected chi connectivity index (χ0v) is 20.3. The Balaban J connectivity index is 1.68. The molecule has 1 aliphatic heterocycles. The fourth-order valence-electron chi connectivity index (χ4n) is 4.44. The molecule has 0 aliphatic carbocycles. The van der Waals surface area contributed by atoms with Gasteiger partial charge in [0, 0.05) is 12.2 Å². The molecule has 1 atom stereocenters. The molecule has 188 valence electrons. The molecule has 1 aliphatic rings. The van der Waals surface area contributed by atoms with E-state index in [2.05, 4.69) is 25.5 Å². The molecule has 0 saturated heterocycles. The summed E-state index contributed by atoms with van der Waals surface area (Å²) in [5, 5.41) is 12.5. The van der Waals surface area contributed by atoms with Crippen molar-refractivity contribution in [3.05, 3.63) is 52.7 Å². The van der Waals surface area contributed by atoms with Gasteiger partial charge in [0.05, 0.1) is 22.7 Å². The fourth-order valence-corrected chi connectivity index (χ4v) is 4.44. The lowest BCUT2D eigenvalue weighted by molar-refractivity contribution is -0.0853. The Morgan fingerprint density at radius 2 is 1.74 bits per heavy atom. The highest BCUT2D eigenvalue weighted by Gasteiger charge is 2.36. The SMILES string of the molecule is Cc1nc2c3cc(nnc3n1)CCCCCCCCCOCC(F)(F)c1cccc(c1F)[C@@H](C)N2. The van der Waals surface area contributed by atoms with Gasteiger partial charge in [-0.2, -0.15) is 13.9 Å². The van der Waals surface area contributed by atoms with Crippen LogP contribution in [0.3, 0.4) is 0 Å². The molecule has 2 aromatic heterocycles. The second-order valence-corrected chi connectivity index (χ2v) is 9.25. The summed E-state index contributed by atoms with van der Waals surface area (Å²) in [5.41, 5.74) is 0.745. The van der Waals surface area contributed by atoms with Crippen LogP contribution >= 0.6 is 0 Å². The highest BCUT2D eigenvalue weighted by Crippen LogP contribution is 2.34. The standard InChI is InChI=1S/C26H32F3N5O/c1-17-20-12-10-13-22(23(20)27)26(28,29)16-35-14-9-7-5-3-4-6-8-11-19-15-21-24(30-17)31-18(2)32-25(21)34-33-19/h10,12-13,15,17H,3-9,11,14,16H2,1-2H3,(H,30,31,32,34)/t17-/m1/s1. The third-order valence-electron chi connectivity index (χ3n) is 6.37. The van der Waals surface area contributed by atoms with Crippen LogP contribution in [0.1, 0.15) is 80.6 Å². The van der Waals surface area contributed by atoms with Crippen molar-refractivity contribution >= 4 is 16.9 Å². The Hall–Kier alpha value is -2.81. The van der Waals surface area contributed by atoms with Gasteiger partial charge in [-0.25, -0.2) is 14.4 Å². The van der Waals surface area contributed by atoms with Gasteiger partial charge in [0.1, 0.15) is 24.1 Å². The first-order valence-electron chi connectivity index (χ1n) is 12.4. The molecule has 0 amide bonds. The van der Waals surface area contributed by atoms with Crippen molar-refractivity contribution in [1.82, 2.24) is 20.2 Å². The van der Waals surface area contributed by atoms with Crippen molar-refractivity contribution in [3.63, 3.8) is 0 Å². The summed E-state index contributed by atoms with van der Waals surface area (Å²) in [7, 11) is 0. The smallest absolute Gasteiger partial charge is 0.298 e. The van der Waals surface area contributed by atoms with Crippen molar-refractivity contribution in [3.8, 4) is 0 Å². The molecule has 0 radical (unpaired) electrons. The van der Waals surface area contributed by atoms with Crippen LogP contribution < -0.4 is 5.32 Å². The van der Waals surface area contributed by atoms with E-state index in [0.717, 1.165) is 56.7 Å². The third-order valence-corrected chi connectivity index (χ3v) is 6.37. The molecule has 3 heterocycles. The average molecular weight is 488 g/mol. The number of anilines is 1. The summed E-state index contributed by atoms with van der Waals surface area (Å²) in [6, 6.07) is 5.36. The maximum absolute atomic E-state index is 15.3. The van der Waals surface area contributed by atoms with E-state index in [-0.39, 0.29) is 12.2 Å². The number of alkyl halides is 2. The van der Waals surface area contributed by atoms with Crippen LogP contribution in [0, 0.1) is 12.7 Å². The number of hydrogen-bond acceptors (Lipinski definition) is 6. The second kappa shape index (κ2) is 11.3. The minimum absolute atomic E-state index is 0.125. The lowest BCUT2D eigenvalue weighted by Crippen LogP contribution is -2.24. The van der Waals surface area contributed by atoms with Gasteiger partial charge in [-0.3, -0.25) is 0 Å². The Morgan fingerprint density at radius 1 is 1.00 bits per heavy atom. The topological polar surface area (TPSA) is 72.8 Å². The second-order valence-electron chi connectivity index (χ2n) is 9.25. The zero-order chi connectivity index (χ0) is 24.8. The molecule has 1 N–H and O–H groups in total. The molecular weight excluding hydrogens is 455 g/mol. The summed E-state index contributed by atoms with van der Waals surface area (Å²) >= 11 is 0. The van der Waals surface area contributed by atoms with Crippen molar-refractivity contribution in [2.24, 2.45) is 0 Å². The van der Waals surface area contributed by atoms with Crippen LogP contribution in [0.25, 0.3) is 11.0 Å². The van der Waals surface area contributed by atoms with Gasteiger partial charge in [-0.05, 0) is 45.2 Å². The predicted octanol–water partition coefficient (Wildman–Crippen LogP) is 6.44. The molecule has 0 spiro atoms. The molecule has 6 nitrogen and oxygen atoms in total. The van der Waals surface area contributed by atoms with Gasteiger partial charge >= 0.3 is 0 Å². The molecule has 4 bridgehead atoms. The quantitative estimate of drug-likeness (QED) is 0.394. The monoisotopic (exact) mass is 487 g/mol. The number of benzene rings is 1. The lowest BCUT2D eigenvalue weighted by atomic mass is 10.00. The Kier molecular flexibility index (Phi) is 8.15. The van der Waals surface area contributed by atoms with Crippen LogP contribution in [-0.2, 0) is 17.1 Å². The number of hydrogen-bond donors (Lipinski definition) is 1. The number of halogens is 3. The molecule has 3 aromatic rings. The number of aryl methyl sites for hydroxylation is 2. The summed E-state index contributed by atoms with van der Waals surface area (Å²) in [5.74, 6) is -3.41. The van der Waals surface area contributed by atoms with Gasteiger partial charge in [0.25, 0.3) is 5.92 Å². The first-order valence-corrected chi connectivity index (χ1v) is 12.4. The Morgan fingerprint density at radius 3 is 2.54 bits per heavy atom. The minimum atomic E-state index is -3.43. The van der Waals surface area contributed by atoms with E-state index in [1.807, 2.05) is 6.07 Å². The van der Waals surface area contributed by atoms with Crippen LogP contribution in [0.2, 0.25) is 0 Å². The predicted molar refractivity (Wildman–Crippen MR) is 129 cm³/mol. The molecule has 4 rings (SSSR count). The van der Waals surface area contributed by atoms with Crippen molar-refractivity contribution in [2.75, 3.05) is 18.5 Å². The number of nitrogens with one attached hydrogen (secondary N) is 1. The molecule has 0 fully saturated rings. The summed E-state index contributed by atoms with van der Waals surface area (Å²) in [4.78, 5) is 8.86.